The van der Waals surface area contributed by atoms with E-state index in [2.05, 4.69) is 36.8 Å². The lowest BCUT2D eigenvalue weighted by atomic mass is 10.2. The van der Waals surface area contributed by atoms with Crippen LogP contribution >= 0.6 is 15.9 Å². The number of aryl methyl sites for hydroxylation is 2. The first-order valence-corrected chi connectivity index (χ1v) is 9.61. The molecule has 0 bridgehead atoms. The lowest BCUT2D eigenvalue weighted by molar-refractivity contribution is -0.116. The van der Waals surface area contributed by atoms with Crippen molar-refractivity contribution in [2.45, 2.75) is 33.9 Å². The number of benzene rings is 1. The van der Waals surface area contributed by atoms with Gasteiger partial charge in [-0.15, -0.1) is 0 Å². The van der Waals surface area contributed by atoms with Crippen LogP contribution in [0.2, 0.25) is 0 Å². The number of halogens is 1. The highest BCUT2D eigenvalue weighted by atomic mass is 79.9. The number of nitrogens with zero attached hydrogens (tertiary/aromatic N) is 4. The average Bonchev–Trinajstić information content (AvgIpc) is 3.23. The molecular formula is C19H21BrN6O2. The van der Waals surface area contributed by atoms with Gasteiger partial charge in [0.2, 0.25) is 5.91 Å². The van der Waals surface area contributed by atoms with E-state index >= 15 is 0 Å². The number of rotatable bonds is 6. The van der Waals surface area contributed by atoms with Crippen LogP contribution in [0.1, 0.15) is 28.8 Å². The van der Waals surface area contributed by atoms with Crippen molar-refractivity contribution in [3.8, 4) is 0 Å². The van der Waals surface area contributed by atoms with Crippen LogP contribution < -0.4 is 10.6 Å². The molecule has 0 saturated heterocycles. The first kappa shape index (κ1) is 19.8. The first-order chi connectivity index (χ1) is 13.4. The highest BCUT2D eigenvalue weighted by Gasteiger charge is 2.14. The van der Waals surface area contributed by atoms with Crippen molar-refractivity contribution in [1.29, 1.82) is 0 Å². The maximum atomic E-state index is 12.4. The number of nitrogens with one attached hydrogen (secondary N) is 2. The minimum atomic E-state index is -0.254. The Morgan fingerprint density at radius 3 is 2.46 bits per heavy atom. The third-order valence-corrected chi connectivity index (χ3v) is 5.39. The molecule has 146 valence electrons. The SMILES string of the molecule is CCn1nccc1C(=O)Nc1cccc(NC(=O)Cn2nc(C)c(Br)c2C)c1. The molecule has 8 nitrogen and oxygen atoms in total. The molecule has 2 aromatic heterocycles. The van der Waals surface area contributed by atoms with Gasteiger partial charge in [0.05, 0.1) is 15.9 Å². The molecule has 3 rings (SSSR count). The second-order valence-electron chi connectivity index (χ2n) is 6.26. The van der Waals surface area contributed by atoms with Gasteiger partial charge in [-0.25, -0.2) is 0 Å². The van der Waals surface area contributed by atoms with E-state index in [0.717, 1.165) is 15.9 Å². The molecule has 0 aliphatic heterocycles. The van der Waals surface area contributed by atoms with Gasteiger partial charge in [-0.3, -0.25) is 19.0 Å². The molecule has 3 aromatic rings. The fourth-order valence-corrected chi connectivity index (χ4v) is 3.10. The Labute approximate surface area is 171 Å². The molecule has 0 radical (unpaired) electrons. The molecule has 2 heterocycles. The normalized spacial score (nSPS) is 10.7. The molecule has 0 saturated carbocycles. The average molecular weight is 445 g/mol. The van der Waals surface area contributed by atoms with Crippen LogP contribution in [0.3, 0.4) is 0 Å². The van der Waals surface area contributed by atoms with Crippen molar-refractivity contribution < 1.29 is 9.59 Å². The Kier molecular flexibility index (Phi) is 5.93. The highest BCUT2D eigenvalue weighted by Crippen LogP contribution is 2.20. The number of amides is 2. The van der Waals surface area contributed by atoms with Crippen molar-refractivity contribution in [2.75, 3.05) is 10.6 Å². The van der Waals surface area contributed by atoms with Crippen LogP contribution in [0.4, 0.5) is 11.4 Å². The number of hydrogen-bond donors (Lipinski definition) is 2. The summed E-state index contributed by atoms with van der Waals surface area (Å²) in [7, 11) is 0. The van der Waals surface area contributed by atoms with E-state index in [1.165, 1.54) is 0 Å². The van der Waals surface area contributed by atoms with Gasteiger partial charge in [-0.2, -0.15) is 10.2 Å². The minimum Gasteiger partial charge on any atom is -0.324 e. The third kappa shape index (κ3) is 4.30. The fraction of sp³-hybridized carbons (Fsp3) is 0.263. The molecule has 9 heteroatoms. The summed E-state index contributed by atoms with van der Waals surface area (Å²) in [6.07, 6.45) is 1.59. The zero-order valence-corrected chi connectivity index (χ0v) is 17.4. The first-order valence-electron chi connectivity index (χ1n) is 8.81. The highest BCUT2D eigenvalue weighted by molar-refractivity contribution is 9.10. The van der Waals surface area contributed by atoms with Crippen LogP contribution in [-0.2, 0) is 17.9 Å². The number of hydrogen-bond acceptors (Lipinski definition) is 4. The Balaban J connectivity index is 1.66. The summed E-state index contributed by atoms with van der Waals surface area (Å²) in [5.74, 6) is -0.457. The summed E-state index contributed by atoms with van der Waals surface area (Å²) in [6, 6.07) is 8.66. The van der Waals surface area contributed by atoms with Crippen molar-refractivity contribution >= 4 is 39.1 Å². The van der Waals surface area contributed by atoms with E-state index in [1.54, 1.807) is 45.9 Å². The van der Waals surface area contributed by atoms with Gasteiger partial charge in [0.25, 0.3) is 5.91 Å². The van der Waals surface area contributed by atoms with E-state index in [1.807, 2.05) is 20.8 Å². The van der Waals surface area contributed by atoms with Crippen LogP contribution in [0.25, 0.3) is 0 Å². The Morgan fingerprint density at radius 1 is 1.11 bits per heavy atom. The van der Waals surface area contributed by atoms with Crippen LogP contribution in [-0.4, -0.2) is 31.4 Å². The predicted molar refractivity (Wildman–Crippen MR) is 110 cm³/mol. The molecule has 0 aliphatic rings. The topological polar surface area (TPSA) is 93.8 Å². The second kappa shape index (κ2) is 8.39. The smallest absolute Gasteiger partial charge is 0.273 e. The second-order valence-corrected chi connectivity index (χ2v) is 7.05. The largest absolute Gasteiger partial charge is 0.324 e. The van der Waals surface area contributed by atoms with Gasteiger partial charge < -0.3 is 10.6 Å². The molecule has 0 fully saturated rings. The number of aromatic nitrogens is 4. The zero-order valence-electron chi connectivity index (χ0n) is 15.9. The van der Waals surface area contributed by atoms with Crippen LogP contribution in [0.5, 0.6) is 0 Å². The van der Waals surface area contributed by atoms with Crippen molar-refractivity contribution in [1.82, 2.24) is 19.6 Å². The Bertz CT molecular complexity index is 1020. The maximum Gasteiger partial charge on any atom is 0.273 e. The Hall–Kier alpha value is -2.94. The fourth-order valence-electron chi connectivity index (χ4n) is 2.81. The molecule has 0 atom stereocenters. The number of carbonyl (C=O) groups excluding carboxylic acids is 2. The third-order valence-electron chi connectivity index (χ3n) is 4.24. The summed E-state index contributed by atoms with van der Waals surface area (Å²) in [6.45, 7) is 6.40. The molecule has 2 amide bonds. The summed E-state index contributed by atoms with van der Waals surface area (Å²) in [5.41, 5.74) is 3.38. The van der Waals surface area contributed by atoms with E-state index in [4.69, 9.17) is 0 Å². The van der Waals surface area contributed by atoms with Gasteiger partial charge in [0, 0.05) is 24.1 Å². The van der Waals surface area contributed by atoms with Gasteiger partial charge in [0.1, 0.15) is 12.2 Å². The van der Waals surface area contributed by atoms with Crippen molar-refractivity contribution in [2.24, 2.45) is 0 Å². The van der Waals surface area contributed by atoms with Gasteiger partial charge in [-0.1, -0.05) is 6.07 Å². The molecular weight excluding hydrogens is 424 g/mol. The molecule has 0 spiro atoms. The van der Waals surface area contributed by atoms with Crippen LogP contribution in [0, 0.1) is 13.8 Å². The predicted octanol–water partition coefficient (Wildman–Crippen LogP) is 3.37. The van der Waals surface area contributed by atoms with E-state index in [-0.39, 0.29) is 18.4 Å². The number of anilines is 2. The molecule has 0 aliphatic carbocycles. The molecule has 1 aromatic carbocycles. The molecule has 2 N–H and O–H groups in total. The summed E-state index contributed by atoms with van der Waals surface area (Å²) in [5, 5.41) is 14.1. The van der Waals surface area contributed by atoms with Gasteiger partial charge >= 0.3 is 0 Å². The lowest BCUT2D eigenvalue weighted by Gasteiger charge is -2.10. The van der Waals surface area contributed by atoms with Crippen molar-refractivity contribution in [3.05, 3.63) is 58.1 Å². The van der Waals surface area contributed by atoms with Gasteiger partial charge in [0.15, 0.2) is 0 Å². The molecule has 0 unspecified atom stereocenters. The van der Waals surface area contributed by atoms with Gasteiger partial charge in [-0.05, 0) is 61.0 Å². The van der Waals surface area contributed by atoms with E-state index < -0.39 is 0 Å². The number of carbonyl (C=O) groups is 2. The summed E-state index contributed by atoms with van der Waals surface area (Å²) < 4.78 is 4.16. The lowest BCUT2D eigenvalue weighted by Crippen LogP contribution is -2.20. The standard InChI is InChI=1S/C19H21BrN6O2/c1-4-25-16(8-9-21-25)19(28)23-15-7-5-6-14(10-15)22-17(27)11-26-13(3)18(20)12(2)24-26/h5-10H,4,11H2,1-3H3,(H,22,27)(H,23,28). The molecule has 28 heavy (non-hydrogen) atoms. The summed E-state index contributed by atoms with van der Waals surface area (Å²) in [4.78, 5) is 24.8. The quantitative estimate of drug-likeness (QED) is 0.609. The maximum absolute atomic E-state index is 12.4. The van der Waals surface area contributed by atoms with Crippen LogP contribution in [0.15, 0.2) is 41.0 Å². The van der Waals surface area contributed by atoms with E-state index in [0.29, 0.717) is 23.6 Å². The Morgan fingerprint density at radius 2 is 1.82 bits per heavy atom. The van der Waals surface area contributed by atoms with Crippen molar-refractivity contribution in [3.63, 3.8) is 0 Å². The van der Waals surface area contributed by atoms with E-state index in [9.17, 15) is 9.59 Å². The summed E-state index contributed by atoms with van der Waals surface area (Å²) >= 11 is 3.45. The zero-order chi connectivity index (χ0) is 20.3. The minimum absolute atomic E-state index is 0.102. The monoisotopic (exact) mass is 444 g/mol.